The molecule has 0 saturated heterocycles. The number of amides is 1. The molecule has 0 unspecified atom stereocenters. The molecule has 3 aromatic carbocycles. The van der Waals surface area contributed by atoms with E-state index < -0.39 is 15.8 Å². The fraction of sp³-hybridized carbons (Fsp3) is 0.0417. The van der Waals surface area contributed by atoms with Gasteiger partial charge in [-0.3, -0.25) is 25.0 Å². The normalized spacial score (nSPS) is 11.4. The Bertz CT molecular complexity index is 1690. The van der Waals surface area contributed by atoms with Crippen molar-refractivity contribution in [3.8, 4) is 0 Å². The summed E-state index contributed by atoms with van der Waals surface area (Å²) in [5.74, 6) is -0.451. The molecule has 178 valence electrons. The number of carbonyl (C=O) groups excluding carboxylic acids is 1. The van der Waals surface area contributed by atoms with Crippen LogP contribution in [0.4, 0.5) is 16.5 Å². The van der Waals surface area contributed by atoms with Crippen molar-refractivity contribution in [1.29, 1.82) is 0 Å². The summed E-state index contributed by atoms with van der Waals surface area (Å²) >= 11 is 2.50. The van der Waals surface area contributed by atoms with E-state index in [1.165, 1.54) is 70.3 Å². The minimum absolute atomic E-state index is 0.0546. The molecule has 0 aliphatic heterocycles. The number of nitro benzene ring substituents is 2. The van der Waals surface area contributed by atoms with Crippen LogP contribution in [-0.2, 0) is 0 Å². The number of thiophene rings is 1. The highest BCUT2D eigenvalue weighted by Crippen LogP contribution is 2.34. The molecular formula is C24H15N5O5S2. The second kappa shape index (κ2) is 9.24. The number of aromatic nitrogens is 1. The van der Waals surface area contributed by atoms with Gasteiger partial charge in [-0.2, -0.15) is 10.1 Å². The van der Waals surface area contributed by atoms with Crippen LogP contribution in [0.2, 0.25) is 0 Å². The molecule has 0 atom stereocenters. The number of nitrogens with zero attached hydrogens (tertiary/aromatic N) is 5. The largest absolute Gasteiger partial charge is 0.290 e. The zero-order chi connectivity index (χ0) is 25.4. The number of fused-ring (bicyclic) bond motifs is 2. The first-order chi connectivity index (χ1) is 17.3. The van der Waals surface area contributed by atoms with Gasteiger partial charge in [0.25, 0.3) is 17.3 Å². The summed E-state index contributed by atoms with van der Waals surface area (Å²) in [5, 5.41) is 28.6. The lowest BCUT2D eigenvalue weighted by molar-refractivity contribution is -0.385. The van der Waals surface area contributed by atoms with Crippen LogP contribution >= 0.6 is 22.7 Å². The second-order valence-corrected chi connectivity index (χ2v) is 9.86. The Kier molecular flexibility index (Phi) is 5.96. The molecule has 5 rings (SSSR count). The lowest BCUT2D eigenvalue weighted by Crippen LogP contribution is -2.24. The van der Waals surface area contributed by atoms with Gasteiger partial charge >= 0.3 is 0 Å². The van der Waals surface area contributed by atoms with Crippen molar-refractivity contribution >= 4 is 71.6 Å². The molecule has 0 saturated carbocycles. The highest BCUT2D eigenvalue weighted by Gasteiger charge is 2.23. The Morgan fingerprint density at radius 2 is 1.64 bits per heavy atom. The number of nitro groups is 2. The maximum atomic E-state index is 13.6. The summed E-state index contributed by atoms with van der Waals surface area (Å²) in [5.41, 5.74) is 2.21. The highest BCUT2D eigenvalue weighted by molar-refractivity contribution is 7.23. The molecule has 2 aromatic heterocycles. The minimum Gasteiger partial charge on any atom is -0.266 e. The third-order valence-electron chi connectivity index (χ3n) is 5.25. The number of hydrogen-bond acceptors (Lipinski definition) is 9. The Balaban J connectivity index is 1.55. The standard InChI is InChI=1S/C24H15N5O5S2/c1-14-2-8-19-21(10-14)36-24(26-19)27(25-13-15-3-5-17(6-4-15)28(31)32)23(30)22-12-16-11-18(29(33)34)7-9-20(16)35-22/h2-13H,1H3/b25-13+. The van der Waals surface area contributed by atoms with Gasteiger partial charge < -0.3 is 0 Å². The van der Waals surface area contributed by atoms with Crippen LogP contribution in [0.1, 0.15) is 20.8 Å². The zero-order valence-electron chi connectivity index (χ0n) is 18.5. The van der Waals surface area contributed by atoms with E-state index in [-0.39, 0.29) is 11.4 Å². The summed E-state index contributed by atoms with van der Waals surface area (Å²) < 4.78 is 1.61. The van der Waals surface area contributed by atoms with E-state index in [1.807, 2.05) is 25.1 Å². The van der Waals surface area contributed by atoms with Crippen molar-refractivity contribution in [1.82, 2.24) is 4.98 Å². The molecule has 0 N–H and O–H groups in total. The number of hydrazone groups is 1. The number of carbonyl (C=O) groups is 1. The van der Waals surface area contributed by atoms with Gasteiger partial charge in [0.05, 0.1) is 31.2 Å². The fourth-order valence-corrected chi connectivity index (χ4v) is 5.45. The summed E-state index contributed by atoms with van der Waals surface area (Å²) in [7, 11) is 0. The van der Waals surface area contributed by atoms with Crippen LogP contribution in [0.5, 0.6) is 0 Å². The first kappa shape index (κ1) is 23.2. The lowest BCUT2D eigenvalue weighted by Gasteiger charge is -2.12. The maximum absolute atomic E-state index is 13.6. The molecular weight excluding hydrogens is 502 g/mol. The van der Waals surface area contributed by atoms with Crippen molar-refractivity contribution < 1.29 is 14.6 Å². The third-order valence-corrected chi connectivity index (χ3v) is 7.35. The second-order valence-electron chi connectivity index (χ2n) is 7.77. The van der Waals surface area contributed by atoms with Crippen LogP contribution in [0.3, 0.4) is 0 Å². The molecule has 1 amide bonds. The van der Waals surface area contributed by atoms with Crippen molar-refractivity contribution in [2.75, 3.05) is 5.01 Å². The van der Waals surface area contributed by atoms with Crippen LogP contribution < -0.4 is 5.01 Å². The quantitative estimate of drug-likeness (QED) is 0.147. The number of non-ortho nitro benzene ring substituents is 2. The Morgan fingerprint density at radius 1 is 0.917 bits per heavy atom. The van der Waals surface area contributed by atoms with Crippen LogP contribution in [-0.4, -0.2) is 27.0 Å². The Labute approximate surface area is 211 Å². The summed E-state index contributed by atoms with van der Waals surface area (Å²) in [6.07, 6.45) is 1.43. The van der Waals surface area contributed by atoms with Gasteiger partial charge in [-0.15, -0.1) is 11.3 Å². The monoisotopic (exact) mass is 517 g/mol. The first-order valence-electron chi connectivity index (χ1n) is 10.5. The molecule has 0 radical (unpaired) electrons. The third kappa shape index (κ3) is 4.54. The van der Waals surface area contributed by atoms with Crippen molar-refractivity contribution in [2.24, 2.45) is 5.10 Å². The van der Waals surface area contributed by atoms with E-state index in [0.717, 1.165) is 20.5 Å². The van der Waals surface area contributed by atoms with Crippen LogP contribution in [0.25, 0.3) is 20.3 Å². The minimum atomic E-state index is -0.494. The van der Waals surface area contributed by atoms with Crippen molar-refractivity contribution in [3.63, 3.8) is 0 Å². The zero-order valence-corrected chi connectivity index (χ0v) is 20.2. The van der Waals surface area contributed by atoms with Gasteiger partial charge in [-0.1, -0.05) is 17.4 Å². The van der Waals surface area contributed by atoms with E-state index in [2.05, 4.69) is 10.1 Å². The van der Waals surface area contributed by atoms with Gasteiger partial charge in [0.2, 0.25) is 5.13 Å². The molecule has 36 heavy (non-hydrogen) atoms. The maximum Gasteiger partial charge on any atom is 0.290 e. The number of anilines is 1. The molecule has 0 fully saturated rings. The predicted octanol–water partition coefficient (Wildman–Crippen LogP) is 6.32. The summed E-state index contributed by atoms with van der Waals surface area (Å²) in [6, 6.07) is 17.6. The summed E-state index contributed by atoms with van der Waals surface area (Å²) in [4.78, 5) is 39.6. The molecule has 2 heterocycles. The number of aryl methyl sites for hydroxylation is 1. The first-order valence-corrected chi connectivity index (χ1v) is 12.1. The van der Waals surface area contributed by atoms with Gasteiger partial charge in [0.15, 0.2) is 0 Å². The van der Waals surface area contributed by atoms with E-state index in [4.69, 9.17) is 0 Å². The SMILES string of the molecule is Cc1ccc2nc(N(/N=C/c3ccc([N+](=O)[O-])cc3)C(=O)c3cc4cc([N+](=O)[O-])ccc4s3)sc2c1. The molecule has 12 heteroatoms. The number of benzene rings is 3. The molecule has 0 aliphatic carbocycles. The van der Waals surface area contributed by atoms with E-state index in [0.29, 0.717) is 21.0 Å². The van der Waals surface area contributed by atoms with Crippen LogP contribution in [0, 0.1) is 27.2 Å². The number of thiazole rings is 1. The lowest BCUT2D eigenvalue weighted by atomic mass is 10.2. The Morgan fingerprint density at radius 3 is 2.36 bits per heavy atom. The van der Waals surface area contributed by atoms with Crippen molar-refractivity contribution in [2.45, 2.75) is 6.92 Å². The van der Waals surface area contributed by atoms with E-state index in [9.17, 15) is 25.0 Å². The average molecular weight is 518 g/mol. The molecule has 0 spiro atoms. The average Bonchev–Trinajstić information content (AvgIpc) is 3.47. The molecule has 5 aromatic rings. The molecule has 0 bridgehead atoms. The fourth-order valence-electron chi connectivity index (χ4n) is 3.46. The van der Waals surface area contributed by atoms with Crippen molar-refractivity contribution in [3.05, 3.63) is 103 Å². The number of rotatable bonds is 6. The molecule has 0 aliphatic rings. The highest BCUT2D eigenvalue weighted by atomic mass is 32.1. The topological polar surface area (TPSA) is 132 Å². The smallest absolute Gasteiger partial charge is 0.266 e. The predicted molar refractivity (Wildman–Crippen MR) is 140 cm³/mol. The van der Waals surface area contributed by atoms with E-state index in [1.54, 1.807) is 12.1 Å². The summed E-state index contributed by atoms with van der Waals surface area (Å²) in [6.45, 7) is 1.96. The number of hydrogen-bond donors (Lipinski definition) is 0. The van der Waals surface area contributed by atoms with Gasteiger partial charge in [-0.25, -0.2) is 4.98 Å². The van der Waals surface area contributed by atoms with E-state index >= 15 is 0 Å². The van der Waals surface area contributed by atoms with Gasteiger partial charge in [0.1, 0.15) is 0 Å². The van der Waals surface area contributed by atoms with Crippen LogP contribution in [0.15, 0.2) is 71.8 Å². The van der Waals surface area contributed by atoms with Gasteiger partial charge in [0, 0.05) is 34.4 Å². The van der Waals surface area contributed by atoms with Gasteiger partial charge in [-0.05, 0) is 54.4 Å². The Hall–Kier alpha value is -4.55. The molecule has 10 nitrogen and oxygen atoms in total.